The summed E-state index contributed by atoms with van der Waals surface area (Å²) in [5.41, 5.74) is 1.22. The number of hydrogen-bond donors (Lipinski definition) is 1. The number of anilines is 1. The van der Waals surface area contributed by atoms with Crippen molar-refractivity contribution in [2.24, 2.45) is 0 Å². The maximum absolute atomic E-state index is 11.6. The summed E-state index contributed by atoms with van der Waals surface area (Å²) in [5, 5.41) is 18.3. The van der Waals surface area contributed by atoms with Crippen molar-refractivity contribution >= 4 is 11.5 Å². The van der Waals surface area contributed by atoms with Crippen LogP contribution in [0.5, 0.6) is 0 Å². The molecule has 1 aromatic rings. The van der Waals surface area contributed by atoms with E-state index < -0.39 is 5.54 Å². The van der Waals surface area contributed by atoms with Gasteiger partial charge in [0.2, 0.25) is 0 Å². The lowest BCUT2D eigenvalue weighted by atomic mass is 9.99. The highest BCUT2D eigenvalue weighted by Crippen LogP contribution is 2.27. The van der Waals surface area contributed by atoms with E-state index in [1.54, 1.807) is 25.2 Å². The lowest BCUT2D eigenvalue weighted by Gasteiger charge is -2.36. The first kappa shape index (κ1) is 14.2. The number of Topliss-reactive ketones (excluding diaryl/α,β-unsaturated/α-hetero) is 1. The lowest BCUT2D eigenvalue weighted by Crippen LogP contribution is -2.45. The van der Waals surface area contributed by atoms with E-state index in [0.717, 1.165) is 0 Å². The fraction of sp³-hybridized carbons (Fsp3) is 0.429. The number of aliphatic hydroxyl groups is 1. The van der Waals surface area contributed by atoms with Gasteiger partial charge >= 0.3 is 0 Å². The SMILES string of the molecule is CC(=O)c1ccc(C#N)cc1N(C)C(C)(C)CO. The van der Waals surface area contributed by atoms with Gasteiger partial charge in [-0.05, 0) is 39.0 Å². The molecule has 0 aliphatic heterocycles. The number of carbonyl (C=O) groups is 1. The molecule has 0 spiro atoms. The van der Waals surface area contributed by atoms with Crippen molar-refractivity contribution < 1.29 is 9.90 Å². The van der Waals surface area contributed by atoms with Crippen LogP contribution in [-0.4, -0.2) is 30.1 Å². The molecule has 0 fully saturated rings. The average molecular weight is 246 g/mol. The van der Waals surface area contributed by atoms with Gasteiger partial charge in [-0.1, -0.05) is 0 Å². The zero-order valence-electron chi connectivity index (χ0n) is 11.2. The molecule has 0 bridgehead atoms. The van der Waals surface area contributed by atoms with Gasteiger partial charge in [-0.3, -0.25) is 4.79 Å². The van der Waals surface area contributed by atoms with E-state index in [1.807, 2.05) is 18.7 Å². The summed E-state index contributed by atoms with van der Waals surface area (Å²) >= 11 is 0. The molecule has 0 heterocycles. The zero-order valence-corrected chi connectivity index (χ0v) is 11.2. The molecule has 0 atom stereocenters. The van der Waals surface area contributed by atoms with E-state index in [4.69, 9.17) is 5.26 Å². The van der Waals surface area contributed by atoms with E-state index >= 15 is 0 Å². The summed E-state index contributed by atoms with van der Waals surface area (Å²) in [6.07, 6.45) is 0. The van der Waals surface area contributed by atoms with Gasteiger partial charge in [-0.15, -0.1) is 0 Å². The zero-order chi connectivity index (χ0) is 13.9. The fourth-order valence-electron chi connectivity index (χ4n) is 1.61. The molecule has 96 valence electrons. The number of hydrogen-bond acceptors (Lipinski definition) is 4. The van der Waals surface area contributed by atoms with E-state index in [2.05, 4.69) is 6.07 Å². The smallest absolute Gasteiger partial charge is 0.161 e. The normalized spacial score (nSPS) is 10.9. The summed E-state index contributed by atoms with van der Waals surface area (Å²) < 4.78 is 0. The number of likely N-dealkylation sites (N-methyl/N-ethyl adjacent to an activating group) is 1. The Morgan fingerprint density at radius 1 is 1.50 bits per heavy atom. The molecule has 1 N–H and O–H groups in total. The van der Waals surface area contributed by atoms with E-state index in [1.165, 1.54) is 6.92 Å². The number of ketones is 1. The van der Waals surface area contributed by atoms with Crippen molar-refractivity contribution in [3.63, 3.8) is 0 Å². The van der Waals surface area contributed by atoms with Crippen LogP contribution in [0.15, 0.2) is 18.2 Å². The van der Waals surface area contributed by atoms with Gasteiger partial charge in [0.1, 0.15) is 0 Å². The van der Waals surface area contributed by atoms with E-state index in [0.29, 0.717) is 16.8 Å². The van der Waals surface area contributed by atoms with Gasteiger partial charge in [-0.25, -0.2) is 0 Å². The van der Waals surface area contributed by atoms with Crippen LogP contribution in [0.3, 0.4) is 0 Å². The molecule has 1 aromatic carbocycles. The van der Waals surface area contributed by atoms with Crippen molar-refractivity contribution in [2.45, 2.75) is 26.3 Å². The molecule has 0 saturated carbocycles. The minimum atomic E-state index is -0.502. The maximum Gasteiger partial charge on any atom is 0.161 e. The molecule has 0 aliphatic carbocycles. The van der Waals surface area contributed by atoms with Crippen LogP contribution in [0.1, 0.15) is 36.7 Å². The predicted molar refractivity (Wildman–Crippen MR) is 70.7 cm³/mol. The Bertz CT molecular complexity index is 501. The van der Waals surface area contributed by atoms with Gasteiger partial charge in [0.15, 0.2) is 5.78 Å². The number of nitriles is 1. The van der Waals surface area contributed by atoms with Gasteiger partial charge in [-0.2, -0.15) is 5.26 Å². The maximum atomic E-state index is 11.6. The second kappa shape index (κ2) is 5.19. The molecular formula is C14H18N2O2. The molecule has 1 rings (SSSR count). The molecule has 0 radical (unpaired) electrons. The topological polar surface area (TPSA) is 64.3 Å². The monoisotopic (exact) mass is 246 g/mol. The molecular weight excluding hydrogens is 228 g/mol. The van der Waals surface area contributed by atoms with Crippen LogP contribution in [0, 0.1) is 11.3 Å². The molecule has 0 aromatic heterocycles. The third kappa shape index (κ3) is 2.69. The molecule has 0 saturated heterocycles. The summed E-state index contributed by atoms with van der Waals surface area (Å²) in [5.74, 6) is -0.0601. The number of nitrogens with zero attached hydrogens (tertiary/aromatic N) is 2. The highest BCUT2D eigenvalue weighted by atomic mass is 16.3. The molecule has 0 unspecified atom stereocenters. The minimum absolute atomic E-state index is 0.0440. The Labute approximate surface area is 107 Å². The first-order valence-corrected chi connectivity index (χ1v) is 5.73. The van der Waals surface area contributed by atoms with Crippen LogP contribution in [0.25, 0.3) is 0 Å². The standard InChI is InChI=1S/C14H18N2O2/c1-10(18)12-6-5-11(8-15)7-13(12)16(4)14(2,3)9-17/h5-7,17H,9H2,1-4H3. The first-order valence-electron chi connectivity index (χ1n) is 5.73. The van der Waals surface area contributed by atoms with Crippen molar-refractivity contribution in [1.29, 1.82) is 5.26 Å². The quantitative estimate of drug-likeness (QED) is 0.825. The van der Waals surface area contributed by atoms with Crippen molar-refractivity contribution in [1.82, 2.24) is 0 Å². The van der Waals surface area contributed by atoms with Crippen molar-refractivity contribution in [3.05, 3.63) is 29.3 Å². The molecule has 4 heteroatoms. The molecule has 0 aliphatic rings. The number of benzene rings is 1. The summed E-state index contributed by atoms with van der Waals surface area (Å²) in [6.45, 7) is 5.19. The Morgan fingerprint density at radius 3 is 2.56 bits per heavy atom. The third-order valence-electron chi connectivity index (χ3n) is 3.16. The fourth-order valence-corrected chi connectivity index (χ4v) is 1.61. The van der Waals surface area contributed by atoms with E-state index in [-0.39, 0.29) is 12.4 Å². The Morgan fingerprint density at radius 2 is 2.11 bits per heavy atom. The van der Waals surface area contributed by atoms with E-state index in [9.17, 15) is 9.90 Å². The number of rotatable bonds is 4. The summed E-state index contributed by atoms with van der Waals surface area (Å²) in [6, 6.07) is 7.01. The third-order valence-corrected chi connectivity index (χ3v) is 3.16. The van der Waals surface area contributed by atoms with Crippen molar-refractivity contribution in [2.75, 3.05) is 18.6 Å². The first-order chi connectivity index (χ1) is 8.33. The second-order valence-corrected chi connectivity index (χ2v) is 4.93. The summed E-state index contributed by atoms with van der Waals surface area (Å²) in [4.78, 5) is 13.4. The van der Waals surface area contributed by atoms with Crippen LogP contribution in [-0.2, 0) is 0 Å². The van der Waals surface area contributed by atoms with Crippen LogP contribution < -0.4 is 4.90 Å². The highest BCUT2D eigenvalue weighted by Gasteiger charge is 2.25. The van der Waals surface area contributed by atoms with Gasteiger partial charge < -0.3 is 10.0 Å². The number of carbonyl (C=O) groups excluding carboxylic acids is 1. The van der Waals surface area contributed by atoms with Gasteiger partial charge in [0, 0.05) is 18.3 Å². The molecule has 0 amide bonds. The highest BCUT2D eigenvalue weighted by molar-refractivity contribution is 6.00. The Hall–Kier alpha value is -1.86. The van der Waals surface area contributed by atoms with Gasteiger partial charge in [0.25, 0.3) is 0 Å². The van der Waals surface area contributed by atoms with Crippen LogP contribution in [0.4, 0.5) is 5.69 Å². The molecule has 18 heavy (non-hydrogen) atoms. The largest absolute Gasteiger partial charge is 0.394 e. The second-order valence-electron chi connectivity index (χ2n) is 4.93. The Balaban J connectivity index is 3.37. The lowest BCUT2D eigenvalue weighted by molar-refractivity contribution is 0.101. The van der Waals surface area contributed by atoms with Crippen LogP contribution in [0.2, 0.25) is 0 Å². The average Bonchev–Trinajstić information content (AvgIpc) is 2.36. The Kier molecular flexibility index (Phi) is 4.10. The summed E-state index contributed by atoms with van der Waals surface area (Å²) in [7, 11) is 1.80. The van der Waals surface area contributed by atoms with Crippen molar-refractivity contribution in [3.8, 4) is 6.07 Å². The minimum Gasteiger partial charge on any atom is -0.394 e. The van der Waals surface area contributed by atoms with Crippen LogP contribution >= 0.6 is 0 Å². The molecule has 4 nitrogen and oxygen atoms in total. The number of aliphatic hydroxyl groups excluding tert-OH is 1. The van der Waals surface area contributed by atoms with Gasteiger partial charge in [0.05, 0.1) is 23.8 Å². The predicted octanol–water partition coefficient (Wildman–Crippen LogP) is 1.97.